The fraction of sp³-hybridized carbons (Fsp3) is 0.500. The summed E-state index contributed by atoms with van der Waals surface area (Å²) in [5.41, 5.74) is 7.44. The Morgan fingerprint density at radius 1 is 1.05 bits per heavy atom. The summed E-state index contributed by atoms with van der Waals surface area (Å²) in [5.74, 6) is 1.44. The third-order valence-electron chi connectivity index (χ3n) is 2.88. The molecule has 1 fully saturated rings. The number of hydrogen-bond acceptors (Lipinski definition) is 5. The molecule has 7 heteroatoms. The summed E-state index contributed by atoms with van der Waals surface area (Å²) in [4.78, 5) is 2.21. The summed E-state index contributed by atoms with van der Waals surface area (Å²) >= 11 is 0. The molecule has 0 bridgehead atoms. The molecule has 1 aromatic carbocycles. The van der Waals surface area contributed by atoms with Crippen LogP contribution in [0.4, 0.5) is 11.4 Å². The van der Waals surface area contributed by atoms with Crippen LogP contribution in [0.2, 0.25) is 0 Å². The predicted octanol–water partition coefficient (Wildman–Crippen LogP) is 1.97. The van der Waals surface area contributed by atoms with Crippen molar-refractivity contribution in [3.63, 3.8) is 0 Å². The molecule has 2 rings (SSSR count). The van der Waals surface area contributed by atoms with Crippen LogP contribution in [0.15, 0.2) is 12.1 Å². The molecule has 0 saturated carbocycles. The maximum Gasteiger partial charge on any atom is 0.144 e. The topological polar surface area (TPSA) is 57.0 Å². The second-order valence-electron chi connectivity index (χ2n) is 3.87. The first kappa shape index (κ1) is 18.0. The molecule has 0 amide bonds. The van der Waals surface area contributed by atoms with Crippen LogP contribution < -0.4 is 20.1 Å². The normalized spacial score (nSPS) is 14.1. The van der Waals surface area contributed by atoms with Crippen LogP contribution in [0, 0.1) is 0 Å². The molecule has 2 N–H and O–H groups in total. The first-order valence-electron chi connectivity index (χ1n) is 5.60. The maximum absolute atomic E-state index is 5.86. The van der Waals surface area contributed by atoms with Crippen molar-refractivity contribution in [3.05, 3.63) is 12.1 Å². The Hall–Kier alpha value is -1.04. The highest BCUT2D eigenvalue weighted by atomic mass is 35.5. The third-order valence-corrected chi connectivity index (χ3v) is 2.88. The molecule has 1 aliphatic rings. The summed E-state index contributed by atoms with van der Waals surface area (Å²) in [6, 6.07) is 3.71. The lowest BCUT2D eigenvalue weighted by Crippen LogP contribution is -2.36. The van der Waals surface area contributed by atoms with E-state index in [9.17, 15) is 0 Å². The quantitative estimate of drug-likeness (QED) is 0.865. The van der Waals surface area contributed by atoms with Crippen LogP contribution in [0.1, 0.15) is 0 Å². The van der Waals surface area contributed by atoms with Crippen LogP contribution in [0.25, 0.3) is 0 Å². The Labute approximate surface area is 125 Å². The fourth-order valence-electron chi connectivity index (χ4n) is 1.96. The minimum absolute atomic E-state index is 0. The van der Waals surface area contributed by atoms with Gasteiger partial charge in [-0.2, -0.15) is 0 Å². The van der Waals surface area contributed by atoms with Crippen LogP contribution in [-0.2, 0) is 4.74 Å². The van der Waals surface area contributed by atoms with Crippen molar-refractivity contribution >= 4 is 36.2 Å². The van der Waals surface area contributed by atoms with E-state index >= 15 is 0 Å². The average Bonchev–Trinajstić information content (AvgIpc) is 2.39. The van der Waals surface area contributed by atoms with Crippen LogP contribution >= 0.6 is 24.8 Å². The number of morpholine rings is 1. The van der Waals surface area contributed by atoms with Gasteiger partial charge in [0.15, 0.2) is 0 Å². The van der Waals surface area contributed by atoms with E-state index in [2.05, 4.69) is 4.90 Å². The Bertz CT molecular complexity index is 399. The SMILES string of the molecule is COc1cc(N2CCOCC2)c(OC)cc1N.Cl.Cl. The monoisotopic (exact) mass is 310 g/mol. The number of nitrogens with zero attached hydrogens (tertiary/aromatic N) is 1. The minimum Gasteiger partial charge on any atom is -0.495 e. The molecule has 1 saturated heterocycles. The van der Waals surface area contributed by atoms with Gasteiger partial charge >= 0.3 is 0 Å². The Morgan fingerprint density at radius 2 is 1.63 bits per heavy atom. The van der Waals surface area contributed by atoms with Gasteiger partial charge in [0.1, 0.15) is 11.5 Å². The molecule has 0 unspecified atom stereocenters. The minimum atomic E-state index is 0. The summed E-state index contributed by atoms with van der Waals surface area (Å²) in [6.07, 6.45) is 0. The number of hydrogen-bond donors (Lipinski definition) is 1. The Morgan fingerprint density at radius 3 is 2.16 bits per heavy atom. The van der Waals surface area contributed by atoms with Gasteiger partial charge in [-0.25, -0.2) is 0 Å². The zero-order valence-electron chi connectivity index (χ0n) is 11.0. The summed E-state index contributed by atoms with van der Waals surface area (Å²) in [5, 5.41) is 0. The average molecular weight is 311 g/mol. The van der Waals surface area contributed by atoms with Crippen LogP contribution in [0.5, 0.6) is 11.5 Å². The lowest BCUT2D eigenvalue weighted by Gasteiger charge is -2.30. The van der Waals surface area contributed by atoms with Crippen molar-refractivity contribution in [3.8, 4) is 11.5 Å². The molecule has 110 valence electrons. The maximum atomic E-state index is 5.86. The van der Waals surface area contributed by atoms with E-state index in [1.807, 2.05) is 6.07 Å². The van der Waals surface area contributed by atoms with E-state index < -0.39 is 0 Å². The number of methoxy groups -OCH3 is 2. The molecule has 0 atom stereocenters. The molecule has 5 nitrogen and oxygen atoms in total. The highest BCUT2D eigenvalue weighted by Crippen LogP contribution is 2.37. The Balaban J connectivity index is 0.00000162. The number of anilines is 2. The zero-order valence-corrected chi connectivity index (χ0v) is 12.7. The van der Waals surface area contributed by atoms with E-state index in [4.69, 9.17) is 19.9 Å². The molecular formula is C12H20Cl2N2O3. The van der Waals surface area contributed by atoms with Crippen molar-refractivity contribution in [2.45, 2.75) is 0 Å². The van der Waals surface area contributed by atoms with E-state index in [-0.39, 0.29) is 24.8 Å². The van der Waals surface area contributed by atoms with Crippen molar-refractivity contribution in [1.29, 1.82) is 0 Å². The van der Waals surface area contributed by atoms with E-state index in [0.717, 1.165) is 37.7 Å². The van der Waals surface area contributed by atoms with Crippen LogP contribution in [0.3, 0.4) is 0 Å². The van der Waals surface area contributed by atoms with E-state index in [1.54, 1.807) is 20.3 Å². The van der Waals surface area contributed by atoms with Crippen molar-refractivity contribution in [2.24, 2.45) is 0 Å². The highest BCUT2D eigenvalue weighted by Gasteiger charge is 2.17. The second kappa shape index (κ2) is 8.19. The molecular weight excluding hydrogens is 291 g/mol. The second-order valence-corrected chi connectivity index (χ2v) is 3.87. The van der Waals surface area contributed by atoms with Gasteiger partial charge in [0.2, 0.25) is 0 Å². The van der Waals surface area contributed by atoms with E-state index in [1.165, 1.54) is 0 Å². The van der Waals surface area contributed by atoms with Gasteiger partial charge < -0.3 is 24.8 Å². The Kier molecular flexibility index (Phi) is 7.75. The molecule has 1 aliphatic heterocycles. The lowest BCUT2D eigenvalue weighted by atomic mass is 10.2. The molecule has 0 spiro atoms. The zero-order chi connectivity index (χ0) is 12.3. The number of rotatable bonds is 3. The van der Waals surface area contributed by atoms with E-state index in [0.29, 0.717) is 11.4 Å². The number of ether oxygens (including phenoxy) is 3. The van der Waals surface area contributed by atoms with Gasteiger partial charge in [-0.1, -0.05) is 0 Å². The highest BCUT2D eigenvalue weighted by molar-refractivity contribution is 5.85. The van der Waals surface area contributed by atoms with Gasteiger partial charge in [0.25, 0.3) is 0 Å². The standard InChI is InChI=1S/C12H18N2O3.2ClH/c1-15-11-8-10(12(16-2)7-9(11)13)14-3-5-17-6-4-14;;/h7-8H,3-6,13H2,1-2H3;2*1H. The van der Waals surface area contributed by atoms with Gasteiger partial charge in [-0.3, -0.25) is 0 Å². The molecule has 1 heterocycles. The third kappa shape index (κ3) is 3.96. The predicted molar refractivity (Wildman–Crippen MR) is 81.5 cm³/mol. The number of halogens is 2. The number of nitrogens with two attached hydrogens (primary N) is 1. The van der Waals surface area contributed by atoms with Crippen LogP contribution in [-0.4, -0.2) is 40.5 Å². The number of benzene rings is 1. The molecule has 0 aromatic heterocycles. The van der Waals surface area contributed by atoms with Gasteiger partial charge in [0, 0.05) is 25.2 Å². The van der Waals surface area contributed by atoms with Gasteiger partial charge in [0.05, 0.1) is 38.8 Å². The molecule has 19 heavy (non-hydrogen) atoms. The lowest BCUT2D eigenvalue weighted by molar-refractivity contribution is 0.122. The largest absolute Gasteiger partial charge is 0.495 e. The number of nitrogen functional groups attached to an aromatic ring is 1. The van der Waals surface area contributed by atoms with Gasteiger partial charge in [-0.15, -0.1) is 24.8 Å². The summed E-state index contributed by atoms with van der Waals surface area (Å²) in [6.45, 7) is 3.17. The van der Waals surface area contributed by atoms with Gasteiger partial charge in [-0.05, 0) is 0 Å². The summed E-state index contributed by atoms with van der Waals surface area (Å²) in [7, 11) is 3.26. The molecule has 1 aromatic rings. The fourth-order valence-corrected chi connectivity index (χ4v) is 1.96. The van der Waals surface area contributed by atoms with Crippen molar-refractivity contribution < 1.29 is 14.2 Å². The van der Waals surface area contributed by atoms with Crippen molar-refractivity contribution in [1.82, 2.24) is 0 Å². The van der Waals surface area contributed by atoms with Crippen molar-refractivity contribution in [2.75, 3.05) is 51.2 Å². The summed E-state index contributed by atoms with van der Waals surface area (Å²) < 4.78 is 15.9. The molecule has 0 radical (unpaired) electrons. The molecule has 0 aliphatic carbocycles. The first-order chi connectivity index (χ1) is 8.26. The first-order valence-corrected chi connectivity index (χ1v) is 5.60. The smallest absolute Gasteiger partial charge is 0.144 e.